The molecule has 19 heavy (non-hydrogen) atoms. The summed E-state index contributed by atoms with van der Waals surface area (Å²) in [5.74, 6) is 0.0110. The molecule has 1 aliphatic heterocycles. The number of rotatable bonds is 2. The molecule has 0 radical (unpaired) electrons. The number of hydrogen-bond donors (Lipinski definition) is 1. The van der Waals surface area contributed by atoms with E-state index in [1.807, 2.05) is 4.90 Å². The van der Waals surface area contributed by atoms with Crippen LogP contribution >= 0.6 is 11.6 Å². The molecule has 100 valence electrons. The van der Waals surface area contributed by atoms with Crippen LogP contribution in [0.5, 0.6) is 0 Å². The Balaban J connectivity index is 2.27. The maximum absolute atomic E-state index is 11.7. The number of benzene rings is 1. The van der Waals surface area contributed by atoms with Gasteiger partial charge >= 0.3 is 0 Å². The summed E-state index contributed by atoms with van der Waals surface area (Å²) in [6, 6.07) is 7.47. The third kappa shape index (κ3) is 2.82. The zero-order chi connectivity index (χ0) is 13.8. The second kappa shape index (κ2) is 5.94. The molecular formula is C14H16ClN3O. The van der Waals surface area contributed by atoms with Crippen molar-refractivity contribution in [3.05, 3.63) is 28.8 Å². The van der Waals surface area contributed by atoms with E-state index in [9.17, 15) is 10.1 Å². The van der Waals surface area contributed by atoms with Crippen LogP contribution in [0.3, 0.4) is 0 Å². The number of hydrogen-bond acceptors (Lipinski definition) is 3. The number of halogens is 1. The topological polar surface area (TPSA) is 56.1 Å². The minimum absolute atomic E-state index is 0.0402. The fourth-order valence-electron chi connectivity index (χ4n) is 2.53. The van der Waals surface area contributed by atoms with E-state index in [2.05, 4.69) is 11.4 Å². The predicted molar refractivity (Wildman–Crippen MR) is 75.2 cm³/mol. The molecule has 5 heteroatoms. The van der Waals surface area contributed by atoms with Gasteiger partial charge in [-0.1, -0.05) is 17.7 Å². The highest BCUT2D eigenvalue weighted by Crippen LogP contribution is 2.32. The summed E-state index contributed by atoms with van der Waals surface area (Å²) < 4.78 is 0. The van der Waals surface area contributed by atoms with Crippen LogP contribution in [0.15, 0.2) is 18.2 Å². The van der Waals surface area contributed by atoms with E-state index >= 15 is 0 Å². The fourth-order valence-corrected chi connectivity index (χ4v) is 2.82. The van der Waals surface area contributed by atoms with Gasteiger partial charge in [-0.3, -0.25) is 4.79 Å². The Kier molecular flexibility index (Phi) is 4.28. The van der Waals surface area contributed by atoms with Crippen molar-refractivity contribution in [1.82, 2.24) is 5.32 Å². The number of nitriles is 1. The van der Waals surface area contributed by atoms with E-state index in [1.54, 1.807) is 25.2 Å². The fraction of sp³-hybridized carbons (Fsp3) is 0.429. The normalized spacial score (nSPS) is 18.8. The Hall–Kier alpha value is -1.73. The molecule has 1 aliphatic rings. The molecule has 2 rings (SSSR count). The first-order valence-corrected chi connectivity index (χ1v) is 6.70. The SMILES string of the molecule is CNC(=O)C1CCCN(c2c(Cl)cccc2C#N)C1. The van der Waals surface area contributed by atoms with Crippen LogP contribution in [0, 0.1) is 17.2 Å². The average Bonchev–Trinajstić information content (AvgIpc) is 2.46. The molecule has 1 N–H and O–H groups in total. The number of nitrogens with zero attached hydrogens (tertiary/aromatic N) is 2. The monoisotopic (exact) mass is 277 g/mol. The van der Waals surface area contributed by atoms with Gasteiger partial charge in [0.2, 0.25) is 5.91 Å². The number of para-hydroxylation sites is 1. The molecule has 1 aromatic carbocycles. The summed E-state index contributed by atoms with van der Waals surface area (Å²) in [6.45, 7) is 1.43. The van der Waals surface area contributed by atoms with Gasteiger partial charge in [0.25, 0.3) is 0 Å². The zero-order valence-electron chi connectivity index (χ0n) is 10.8. The summed E-state index contributed by atoms with van der Waals surface area (Å²) in [5.41, 5.74) is 1.31. The van der Waals surface area contributed by atoms with E-state index in [0.29, 0.717) is 17.1 Å². The van der Waals surface area contributed by atoms with Gasteiger partial charge in [-0.25, -0.2) is 0 Å². The maximum atomic E-state index is 11.7. The lowest BCUT2D eigenvalue weighted by atomic mass is 9.96. The van der Waals surface area contributed by atoms with Gasteiger partial charge in [-0.2, -0.15) is 5.26 Å². The number of carbonyl (C=O) groups is 1. The van der Waals surface area contributed by atoms with E-state index in [0.717, 1.165) is 25.1 Å². The van der Waals surface area contributed by atoms with Crippen LogP contribution in [0.2, 0.25) is 5.02 Å². The Bertz CT molecular complexity index is 524. The van der Waals surface area contributed by atoms with Crippen molar-refractivity contribution in [2.24, 2.45) is 5.92 Å². The van der Waals surface area contributed by atoms with Crippen LogP contribution in [-0.2, 0) is 4.79 Å². The largest absolute Gasteiger partial charge is 0.368 e. The lowest BCUT2D eigenvalue weighted by molar-refractivity contribution is -0.124. The molecule has 0 spiro atoms. The first kappa shape index (κ1) is 13.7. The molecule has 4 nitrogen and oxygen atoms in total. The van der Waals surface area contributed by atoms with Gasteiger partial charge in [0.05, 0.1) is 22.2 Å². The Morgan fingerprint density at radius 1 is 1.58 bits per heavy atom. The number of carbonyl (C=O) groups excluding carboxylic acids is 1. The van der Waals surface area contributed by atoms with Crippen molar-refractivity contribution in [2.75, 3.05) is 25.0 Å². The molecule has 1 saturated heterocycles. The third-order valence-corrected chi connectivity index (χ3v) is 3.77. The van der Waals surface area contributed by atoms with Gasteiger partial charge in [0.15, 0.2) is 0 Å². The molecular weight excluding hydrogens is 262 g/mol. The van der Waals surface area contributed by atoms with Crippen molar-refractivity contribution < 1.29 is 4.79 Å². The van der Waals surface area contributed by atoms with Crippen LogP contribution < -0.4 is 10.2 Å². The summed E-state index contributed by atoms with van der Waals surface area (Å²) in [6.07, 6.45) is 1.80. The third-order valence-electron chi connectivity index (χ3n) is 3.46. The Morgan fingerprint density at radius 2 is 2.37 bits per heavy atom. The summed E-state index contributed by atoms with van der Waals surface area (Å²) in [7, 11) is 1.65. The minimum Gasteiger partial charge on any atom is -0.368 e. The quantitative estimate of drug-likeness (QED) is 0.901. The van der Waals surface area contributed by atoms with Crippen LogP contribution in [0.25, 0.3) is 0 Å². The number of anilines is 1. The Labute approximate surface area is 118 Å². The molecule has 1 amide bonds. The molecule has 0 aromatic heterocycles. The molecule has 0 bridgehead atoms. The summed E-state index contributed by atoms with van der Waals surface area (Å²) >= 11 is 6.21. The molecule has 1 unspecified atom stereocenters. The lowest BCUT2D eigenvalue weighted by Gasteiger charge is -2.34. The van der Waals surface area contributed by atoms with Crippen molar-refractivity contribution in [2.45, 2.75) is 12.8 Å². The number of piperidine rings is 1. The van der Waals surface area contributed by atoms with Crippen LogP contribution in [0.4, 0.5) is 5.69 Å². The van der Waals surface area contributed by atoms with E-state index in [-0.39, 0.29) is 11.8 Å². The molecule has 1 heterocycles. The minimum atomic E-state index is -0.0402. The molecule has 1 atom stereocenters. The van der Waals surface area contributed by atoms with Crippen molar-refractivity contribution >= 4 is 23.2 Å². The van der Waals surface area contributed by atoms with Gasteiger partial charge in [-0.05, 0) is 25.0 Å². The standard InChI is InChI=1S/C14H16ClN3O/c1-17-14(19)11-5-3-7-18(9-11)13-10(8-16)4-2-6-12(13)15/h2,4,6,11H,3,5,7,9H2,1H3,(H,17,19). The number of amides is 1. The lowest BCUT2D eigenvalue weighted by Crippen LogP contribution is -2.42. The van der Waals surface area contributed by atoms with Crippen molar-refractivity contribution in [1.29, 1.82) is 5.26 Å². The highest BCUT2D eigenvalue weighted by molar-refractivity contribution is 6.33. The van der Waals surface area contributed by atoms with Gasteiger partial charge in [0.1, 0.15) is 6.07 Å². The molecule has 0 aliphatic carbocycles. The van der Waals surface area contributed by atoms with Crippen LogP contribution in [0.1, 0.15) is 18.4 Å². The van der Waals surface area contributed by atoms with E-state index in [4.69, 9.17) is 11.6 Å². The zero-order valence-corrected chi connectivity index (χ0v) is 11.6. The second-order valence-corrected chi connectivity index (χ2v) is 5.05. The van der Waals surface area contributed by atoms with Crippen molar-refractivity contribution in [3.63, 3.8) is 0 Å². The number of nitrogens with one attached hydrogen (secondary N) is 1. The molecule has 1 fully saturated rings. The Morgan fingerprint density at radius 3 is 3.05 bits per heavy atom. The smallest absolute Gasteiger partial charge is 0.224 e. The molecule has 0 saturated carbocycles. The van der Waals surface area contributed by atoms with Crippen molar-refractivity contribution in [3.8, 4) is 6.07 Å². The first-order valence-electron chi connectivity index (χ1n) is 6.32. The maximum Gasteiger partial charge on any atom is 0.224 e. The van der Waals surface area contributed by atoms with Gasteiger partial charge < -0.3 is 10.2 Å². The highest BCUT2D eigenvalue weighted by Gasteiger charge is 2.27. The summed E-state index contributed by atoms with van der Waals surface area (Å²) in [4.78, 5) is 13.8. The van der Waals surface area contributed by atoms with E-state index < -0.39 is 0 Å². The predicted octanol–water partition coefficient (Wildman–Crippen LogP) is 2.17. The first-order chi connectivity index (χ1) is 9.17. The van der Waals surface area contributed by atoms with Gasteiger partial charge in [-0.15, -0.1) is 0 Å². The second-order valence-electron chi connectivity index (χ2n) is 4.65. The molecule has 1 aromatic rings. The van der Waals surface area contributed by atoms with Gasteiger partial charge in [0, 0.05) is 20.1 Å². The van der Waals surface area contributed by atoms with E-state index in [1.165, 1.54) is 0 Å². The summed E-state index contributed by atoms with van der Waals surface area (Å²) in [5, 5.41) is 12.4. The average molecular weight is 278 g/mol. The van der Waals surface area contributed by atoms with Crippen LogP contribution in [-0.4, -0.2) is 26.0 Å². The highest BCUT2D eigenvalue weighted by atomic mass is 35.5.